The van der Waals surface area contributed by atoms with E-state index in [0.29, 0.717) is 5.75 Å². The lowest BCUT2D eigenvalue weighted by Gasteiger charge is -2.17. The lowest BCUT2D eigenvalue weighted by Crippen LogP contribution is -2.36. The molecule has 2 aromatic rings. The van der Waals surface area contributed by atoms with E-state index in [9.17, 15) is 9.59 Å². The molecule has 0 heterocycles. The average Bonchev–Trinajstić information content (AvgIpc) is 2.62. The summed E-state index contributed by atoms with van der Waals surface area (Å²) in [6.07, 6.45) is 1.96. The van der Waals surface area contributed by atoms with E-state index in [4.69, 9.17) is 0 Å². The Bertz CT molecular complexity index is 765. The summed E-state index contributed by atoms with van der Waals surface area (Å²) >= 11 is 3.14. The van der Waals surface area contributed by atoms with E-state index >= 15 is 0 Å². The maximum Gasteiger partial charge on any atom is 0.244 e. The Morgan fingerprint density at radius 3 is 2.62 bits per heavy atom. The molecule has 0 aliphatic heterocycles. The Balaban J connectivity index is 1.78. The maximum atomic E-state index is 12.2. The quantitative estimate of drug-likeness (QED) is 0.693. The number of aryl methyl sites for hydroxylation is 1. The van der Waals surface area contributed by atoms with Crippen LogP contribution in [0.5, 0.6) is 0 Å². The van der Waals surface area contributed by atoms with Crippen LogP contribution in [0.15, 0.2) is 53.4 Å². The standard InChI is InChI=1S/C20H24N2O2S2/c1-15-7-6-8-16(11-15)13-26-14-20(24)22(2)12-19(23)21-17-9-4-5-10-18(17)25-3/h4-11H,12-14H2,1-3H3,(H,21,23). The zero-order valence-corrected chi connectivity index (χ0v) is 17.0. The first-order valence-corrected chi connectivity index (χ1v) is 10.7. The molecule has 0 atom stereocenters. The van der Waals surface area contributed by atoms with E-state index in [1.54, 1.807) is 30.6 Å². The molecule has 4 nitrogen and oxygen atoms in total. The molecule has 0 aromatic heterocycles. The Hall–Kier alpha value is -1.92. The summed E-state index contributed by atoms with van der Waals surface area (Å²) < 4.78 is 0. The van der Waals surface area contributed by atoms with Crippen LogP contribution in [-0.4, -0.2) is 42.3 Å². The summed E-state index contributed by atoms with van der Waals surface area (Å²) in [7, 11) is 1.66. The van der Waals surface area contributed by atoms with E-state index < -0.39 is 0 Å². The van der Waals surface area contributed by atoms with Crippen LogP contribution in [0.3, 0.4) is 0 Å². The highest BCUT2D eigenvalue weighted by Crippen LogP contribution is 2.24. The number of anilines is 1. The van der Waals surface area contributed by atoms with Crippen LogP contribution < -0.4 is 5.32 Å². The molecule has 2 aromatic carbocycles. The summed E-state index contributed by atoms with van der Waals surface area (Å²) in [5.74, 6) is 0.912. The number of amides is 2. The number of carbonyl (C=O) groups is 2. The first-order chi connectivity index (χ1) is 12.5. The molecule has 0 saturated carbocycles. The van der Waals surface area contributed by atoms with Crippen molar-refractivity contribution in [1.29, 1.82) is 0 Å². The molecule has 6 heteroatoms. The third kappa shape index (κ3) is 6.42. The molecule has 0 saturated heterocycles. The third-order valence-electron chi connectivity index (χ3n) is 3.76. The largest absolute Gasteiger partial charge is 0.336 e. The van der Waals surface area contributed by atoms with E-state index in [-0.39, 0.29) is 18.4 Å². The molecule has 26 heavy (non-hydrogen) atoms. The van der Waals surface area contributed by atoms with Crippen LogP contribution in [-0.2, 0) is 15.3 Å². The Morgan fingerprint density at radius 2 is 1.88 bits per heavy atom. The molecular formula is C20H24N2O2S2. The maximum absolute atomic E-state index is 12.2. The van der Waals surface area contributed by atoms with Crippen molar-refractivity contribution in [1.82, 2.24) is 4.90 Å². The summed E-state index contributed by atoms with van der Waals surface area (Å²) in [6, 6.07) is 15.9. The summed E-state index contributed by atoms with van der Waals surface area (Å²) in [4.78, 5) is 26.9. The van der Waals surface area contributed by atoms with Gasteiger partial charge in [0.15, 0.2) is 0 Å². The highest BCUT2D eigenvalue weighted by atomic mass is 32.2. The molecule has 0 radical (unpaired) electrons. The summed E-state index contributed by atoms with van der Waals surface area (Å²) in [6.45, 7) is 2.10. The van der Waals surface area contributed by atoms with Gasteiger partial charge in [0, 0.05) is 17.7 Å². The molecule has 138 valence electrons. The van der Waals surface area contributed by atoms with Crippen molar-refractivity contribution in [3.05, 3.63) is 59.7 Å². The minimum atomic E-state index is -0.189. The minimum Gasteiger partial charge on any atom is -0.336 e. The molecule has 0 unspecified atom stereocenters. The van der Waals surface area contributed by atoms with Crippen LogP contribution >= 0.6 is 23.5 Å². The van der Waals surface area contributed by atoms with Gasteiger partial charge in [0.05, 0.1) is 18.0 Å². The topological polar surface area (TPSA) is 49.4 Å². The number of thioether (sulfide) groups is 2. The van der Waals surface area contributed by atoms with Crippen LogP contribution in [0.2, 0.25) is 0 Å². The third-order valence-corrected chi connectivity index (χ3v) is 5.55. The van der Waals surface area contributed by atoms with E-state index in [1.165, 1.54) is 16.0 Å². The van der Waals surface area contributed by atoms with Gasteiger partial charge in [0.1, 0.15) is 0 Å². The number of benzene rings is 2. The second kappa shape index (κ2) is 10.3. The number of nitrogens with zero attached hydrogens (tertiary/aromatic N) is 1. The summed E-state index contributed by atoms with van der Waals surface area (Å²) in [5, 5.41) is 2.87. The van der Waals surface area contributed by atoms with Gasteiger partial charge < -0.3 is 10.2 Å². The predicted molar refractivity (Wildman–Crippen MR) is 112 cm³/mol. The van der Waals surface area contributed by atoms with Crippen LogP contribution in [0.1, 0.15) is 11.1 Å². The van der Waals surface area contributed by atoms with Crippen molar-refractivity contribution in [2.24, 2.45) is 0 Å². The zero-order chi connectivity index (χ0) is 18.9. The fraction of sp³-hybridized carbons (Fsp3) is 0.300. The van der Waals surface area contributed by atoms with Crippen molar-refractivity contribution < 1.29 is 9.59 Å². The molecule has 2 rings (SSSR count). The second-order valence-electron chi connectivity index (χ2n) is 5.98. The SMILES string of the molecule is CSc1ccccc1NC(=O)CN(C)C(=O)CSCc1cccc(C)c1. The van der Waals surface area contributed by atoms with Gasteiger partial charge in [-0.2, -0.15) is 0 Å². The van der Waals surface area contributed by atoms with E-state index in [1.807, 2.05) is 36.6 Å². The number of nitrogens with one attached hydrogen (secondary N) is 1. The smallest absolute Gasteiger partial charge is 0.244 e. The van der Waals surface area contributed by atoms with Crippen LogP contribution in [0.25, 0.3) is 0 Å². The molecule has 0 spiro atoms. The highest BCUT2D eigenvalue weighted by Gasteiger charge is 2.14. The number of hydrogen-bond donors (Lipinski definition) is 1. The number of likely N-dealkylation sites (N-methyl/N-ethyl adjacent to an activating group) is 1. The van der Waals surface area contributed by atoms with Gasteiger partial charge in [0.2, 0.25) is 11.8 Å². The fourth-order valence-corrected chi connectivity index (χ4v) is 3.88. The first kappa shape index (κ1) is 20.4. The monoisotopic (exact) mass is 388 g/mol. The Labute approximate surface area is 163 Å². The zero-order valence-electron chi connectivity index (χ0n) is 15.3. The van der Waals surface area contributed by atoms with E-state index in [2.05, 4.69) is 30.4 Å². The predicted octanol–water partition coefficient (Wildman–Crippen LogP) is 4.05. The Morgan fingerprint density at radius 1 is 1.12 bits per heavy atom. The van der Waals surface area contributed by atoms with Gasteiger partial charge in [-0.15, -0.1) is 23.5 Å². The van der Waals surface area contributed by atoms with Gasteiger partial charge in [-0.25, -0.2) is 0 Å². The lowest BCUT2D eigenvalue weighted by atomic mass is 10.2. The average molecular weight is 389 g/mol. The number of para-hydroxylation sites is 1. The Kier molecular flexibility index (Phi) is 8.06. The second-order valence-corrected chi connectivity index (χ2v) is 7.81. The fourth-order valence-electron chi connectivity index (χ4n) is 2.41. The minimum absolute atomic E-state index is 0.0454. The molecule has 1 N–H and O–H groups in total. The van der Waals surface area contributed by atoms with Gasteiger partial charge in [-0.3, -0.25) is 9.59 Å². The van der Waals surface area contributed by atoms with Crippen molar-refractivity contribution >= 4 is 41.0 Å². The van der Waals surface area contributed by atoms with Gasteiger partial charge in [0.25, 0.3) is 0 Å². The lowest BCUT2D eigenvalue weighted by molar-refractivity contribution is -0.131. The van der Waals surface area contributed by atoms with Crippen molar-refractivity contribution in [2.75, 3.05) is 30.9 Å². The van der Waals surface area contributed by atoms with Gasteiger partial charge in [-0.05, 0) is 30.9 Å². The molecule has 0 fully saturated rings. The molecule has 0 aliphatic rings. The molecule has 0 bridgehead atoms. The van der Waals surface area contributed by atoms with Gasteiger partial charge in [-0.1, -0.05) is 42.0 Å². The molecule has 2 amide bonds. The number of hydrogen-bond acceptors (Lipinski definition) is 4. The molecule has 0 aliphatic carbocycles. The number of rotatable bonds is 8. The normalized spacial score (nSPS) is 10.4. The highest BCUT2D eigenvalue weighted by molar-refractivity contribution is 7.99. The van der Waals surface area contributed by atoms with Crippen molar-refractivity contribution in [3.8, 4) is 0 Å². The van der Waals surface area contributed by atoms with Gasteiger partial charge >= 0.3 is 0 Å². The van der Waals surface area contributed by atoms with Crippen LogP contribution in [0.4, 0.5) is 5.69 Å². The van der Waals surface area contributed by atoms with Crippen molar-refractivity contribution in [2.45, 2.75) is 17.6 Å². The number of carbonyl (C=O) groups excluding carboxylic acids is 2. The van der Waals surface area contributed by atoms with Crippen LogP contribution in [0, 0.1) is 6.92 Å². The first-order valence-electron chi connectivity index (χ1n) is 8.29. The van der Waals surface area contributed by atoms with E-state index in [0.717, 1.165) is 16.3 Å². The van der Waals surface area contributed by atoms with Crippen molar-refractivity contribution in [3.63, 3.8) is 0 Å². The summed E-state index contributed by atoms with van der Waals surface area (Å²) in [5.41, 5.74) is 3.20. The molecular weight excluding hydrogens is 364 g/mol.